The Hall–Kier alpha value is -8.14. The molecule has 2 heterocycles. The van der Waals surface area contributed by atoms with E-state index in [0.717, 1.165) is 38.8 Å². The van der Waals surface area contributed by atoms with E-state index in [4.69, 9.17) is 9.97 Å². The molecular formula is C59H35N3. The molecule has 2 aliphatic carbocycles. The van der Waals surface area contributed by atoms with Crippen LogP contribution in [0.25, 0.3) is 105 Å². The van der Waals surface area contributed by atoms with Gasteiger partial charge in [-0.3, -0.25) is 0 Å². The highest BCUT2D eigenvalue weighted by molar-refractivity contribution is 6.28. The van der Waals surface area contributed by atoms with E-state index in [9.17, 15) is 0 Å². The second-order valence-corrected chi connectivity index (χ2v) is 16.8. The van der Waals surface area contributed by atoms with Crippen molar-refractivity contribution in [3.63, 3.8) is 0 Å². The Bertz CT molecular complexity index is 3830. The fourth-order valence-electron chi connectivity index (χ4n) is 11.4. The molecule has 2 aromatic heterocycles. The molecule has 0 fully saturated rings. The van der Waals surface area contributed by atoms with Crippen LogP contribution < -0.4 is 0 Å². The summed E-state index contributed by atoms with van der Waals surface area (Å²) >= 11 is 0. The van der Waals surface area contributed by atoms with E-state index < -0.39 is 5.41 Å². The normalized spacial score (nSPS) is 13.3. The summed E-state index contributed by atoms with van der Waals surface area (Å²) < 4.78 is 2.60. The third kappa shape index (κ3) is 4.29. The highest BCUT2D eigenvalue weighted by atomic mass is 15.0. The summed E-state index contributed by atoms with van der Waals surface area (Å²) in [4.78, 5) is 10.7. The molecule has 0 aliphatic heterocycles. The number of aromatic nitrogens is 3. The van der Waals surface area contributed by atoms with Crippen LogP contribution >= 0.6 is 0 Å². The summed E-state index contributed by atoms with van der Waals surface area (Å²) in [5.74, 6) is 0.702. The molecule has 0 atom stereocenters. The Kier molecular flexibility index (Phi) is 6.76. The zero-order valence-electron chi connectivity index (χ0n) is 33.5. The summed E-state index contributed by atoms with van der Waals surface area (Å²) in [6.07, 6.45) is 0. The molecule has 62 heavy (non-hydrogen) atoms. The standard InChI is InChI=1S/C59H35N3/c1-2-18-36(19-3-1)56-45-27-11-16-32-50(45)60-58(61-56)38-34-37-20-4-5-21-39(37)52(35-38)62-51-33-17-12-28-46(51)54-43-25-7-6-24-42(43)53-44-26-10-15-31-49(44)59(55(53)57(54)62)47-29-13-8-22-40(47)41-23-9-14-30-48(41)59/h1-35H. The molecule has 2 aliphatic rings. The molecule has 12 aromatic rings. The van der Waals surface area contributed by atoms with Crippen molar-refractivity contribution < 1.29 is 0 Å². The molecule has 0 unspecified atom stereocenters. The van der Waals surface area contributed by atoms with Crippen LogP contribution in [0.5, 0.6) is 0 Å². The molecular weight excluding hydrogens is 751 g/mol. The van der Waals surface area contributed by atoms with Gasteiger partial charge in [0.05, 0.1) is 33.3 Å². The smallest absolute Gasteiger partial charge is 0.160 e. The lowest BCUT2D eigenvalue weighted by atomic mass is 9.70. The van der Waals surface area contributed by atoms with E-state index in [2.05, 4.69) is 217 Å². The van der Waals surface area contributed by atoms with Crippen LogP contribution in [0.15, 0.2) is 212 Å². The van der Waals surface area contributed by atoms with Gasteiger partial charge < -0.3 is 4.57 Å². The molecule has 0 saturated carbocycles. The van der Waals surface area contributed by atoms with Gasteiger partial charge in [-0.1, -0.05) is 188 Å². The lowest BCUT2D eigenvalue weighted by Gasteiger charge is -2.32. The fraction of sp³-hybridized carbons (Fsp3) is 0.0169. The van der Waals surface area contributed by atoms with Crippen LogP contribution in [0.1, 0.15) is 22.3 Å². The van der Waals surface area contributed by atoms with Crippen molar-refractivity contribution >= 4 is 54.3 Å². The predicted molar refractivity (Wildman–Crippen MR) is 256 cm³/mol. The number of nitrogens with zero attached hydrogens (tertiary/aromatic N) is 3. The van der Waals surface area contributed by atoms with E-state index in [-0.39, 0.29) is 0 Å². The number of benzene rings is 10. The number of hydrogen-bond donors (Lipinski definition) is 0. The molecule has 1 spiro atoms. The average molecular weight is 786 g/mol. The van der Waals surface area contributed by atoms with Crippen LogP contribution in [0.3, 0.4) is 0 Å². The average Bonchev–Trinajstić information content (AvgIpc) is 3.96. The number of hydrogen-bond acceptors (Lipinski definition) is 2. The summed E-state index contributed by atoms with van der Waals surface area (Å²) in [7, 11) is 0. The van der Waals surface area contributed by atoms with Crippen LogP contribution in [-0.2, 0) is 5.41 Å². The van der Waals surface area contributed by atoms with Gasteiger partial charge in [-0.2, -0.15) is 0 Å². The van der Waals surface area contributed by atoms with Gasteiger partial charge in [0.15, 0.2) is 5.82 Å². The van der Waals surface area contributed by atoms with Crippen LogP contribution in [0.4, 0.5) is 0 Å². The first-order valence-electron chi connectivity index (χ1n) is 21.4. The molecule has 0 saturated heterocycles. The molecule has 3 heteroatoms. The van der Waals surface area contributed by atoms with Crippen molar-refractivity contribution in [2.24, 2.45) is 0 Å². The van der Waals surface area contributed by atoms with Crippen LogP contribution in [0.2, 0.25) is 0 Å². The van der Waals surface area contributed by atoms with Crippen molar-refractivity contribution in [2.45, 2.75) is 5.41 Å². The topological polar surface area (TPSA) is 30.7 Å². The van der Waals surface area contributed by atoms with Crippen molar-refractivity contribution in [1.29, 1.82) is 0 Å². The Balaban J connectivity index is 1.19. The van der Waals surface area contributed by atoms with Crippen molar-refractivity contribution in [1.82, 2.24) is 14.5 Å². The lowest BCUT2D eigenvalue weighted by molar-refractivity contribution is 0.797. The molecule has 0 radical (unpaired) electrons. The van der Waals surface area contributed by atoms with Gasteiger partial charge in [-0.05, 0) is 79.4 Å². The number of rotatable bonds is 3. The van der Waals surface area contributed by atoms with Gasteiger partial charge in [0, 0.05) is 38.2 Å². The van der Waals surface area contributed by atoms with E-state index in [0.29, 0.717) is 5.82 Å². The third-order valence-corrected chi connectivity index (χ3v) is 13.7. The van der Waals surface area contributed by atoms with Crippen molar-refractivity contribution in [3.05, 3.63) is 235 Å². The maximum absolute atomic E-state index is 5.41. The summed E-state index contributed by atoms with van der Waals surface area (Å²) in [6, 6.07) is 77.8. The van der Waals surface area contributed by atoms with Gasteiger partial charge in [-0.15, -0.1) is 0 Å². The third-order valence-electron chi connectivity index (χ3n) is 13.7. The highest BCUT2D eigenvalue weighted by Gasteiger charge is 2.53. The summed E-state index contributed by atoms with van der Waals surface area (Å²) in [6.45, 7) is 0. The molecule has 286 valence electrons. The van der Waals surface area contributed by atoms with Gasteiger partial charge >= 0.3 is 0 Å². The maximum Gasteiger partial charge on any atom is 0.160 e. The zero-order valence-corrected chi connectivity index (χ0v) is 33.5. The van der Waals surface area contributed by atoms with Crippen LogP contribution in [-0.4, -0.2) is 14.5 Å². The lowest BCUT2D eigenvalue weighted by Crippen LogP contribution is -2.26. The van der Waals surface area contributed by atoms with Crippen LogP contribution in [0, 0.1) is 0 Å². The number of para-hydroxylation sites is 2. The highest BCUT2D eigenvalue weighted by Crippen LogP contribution is 2.66. The van der Waals surface area contributed by atoms with Gasteiger partial charge in [0.25, 0.3) is 0 Å². The Morgan fingerprint density at radius 3 is 1.73 bits per heavy atom. The SMILES string of the molecule is c1ccc(-c2nc(-c3cc(-n4c5ccccc5c5c6ccccc6c6c(c54)C4(c5ccccc5-c5ccccc54)c4ccccc4-6)c4ccccc4c3)nc3ccccc23)cc1. The number of fused-ring (bicyclic) bond motifs is 19. The minimum absolute atomic E-state index is 0.563. The summed E-state index contributed by atoms with van der Waals surface area (Å²) in [5.41, 5.74) is 17.4. The van der Waals surface area contributed by atoms with E-state index in [1.54, 1.807) is 0 Å². The first-order valence-corrected chi connectivity index (χ1v) is 21.4. The second-order valence-electron chi connectivity index (χ2n) is 16.8. The van der Waals surface area contributed by atoms with Gasteiger partial charge in [0.2, 0.25) is 0 Å². The zero-order chi connectivity index (χ0) is 40.5. The van der Waals surface area contributed by atoms with E-state index >= 15 is 0 Å². The Morgan fingerprint density at radius 1 is 0.403 bits per heavy atom. The van der Waals surface area contributed by atoms with Crippen molar-refractivity contribution in [2.75, 3.05) is 0 Å². The fourth-order valence-corrected chi connectivity index (χ4v) is 11.4. The largest absolute Gasteiger partial charge is 0.308 e. The molecule has 10 aromatic carbocycles. The van der Waals surface area contributed by atoms with E-state index in [1.165, 1.54) is 82.5 Å². The minimum atomic E-state index is -0.563. The second kappa shape index (κ2) is 12.4. The quantitative estimate of drug-likeness (QED) is 0.179. The first-order chi connectivity index (χ1) is 30.8. The predicted octanol–water partition coefficient (Wildman–Crippen LogP) is 14.7. The Morgan fingerprint density at radius 2 is 0.968 bits per heavy atom. The van der Waals surface area contributed by atoms with Gasteiger partial charge in [-0.25, -0.2) is 9.97 Å². The molecule has 14 rings (SSSR count). The first kappa shape index (κ1) is 33.7. The van der Waals surface area contributed by atoms with E-state index in [1.807, 2.05) is 0 Å². The monoisotopic (exact) mass is 785 g/mol. The summed E-state index contributed by atoms with van der Waals surface area (Å²) in [5, 5.41) is 8.38. The Labute approximate surface area is 357 Å². The minimum Gasteiger partial charge on any atom is -0.308 e. The molecule has 0 amide bonds. The van der Waals surface area contributed by atoms with Gasteiger partial charge in [0.1, 0.15) is 0 Å². The molecule has 0 bridgehead atoms. The molecule has 0 N–H and O–H groups in total. The molecule has 3 nitrogen and oxygen atoms in total. The maximum atomic E-state index is 5.41. The van der Waals surface area contributed by atoms with Crippen molar-refractivity contribution in [3.8, 4) is 50.6 Å².